The third-order valence-corrected chi connectivity index (χ3v) is 2.61. The average Bonchev–Trinajstić information content (AvgIpc) is 2.76. The van der Waals surface area contributed by atoms with E-state index in [2.05, 4.69) is 10.4 Å². The molecule has 0 aliphatic heterocycles. The van der Waals surface area contributed by atoms with Crippen molar-refractivity contribution in [2.75, 3.05) is 5.32 Å². The smallest absolute Gasteiger partial charge is 0.308 e. The summed E-state index contributed by atoms with van der Waals surface area (Å²) in [6.07, 6.45) is -2.38. The fraction of sp³-hybridized carbons (Fsp3) is 0.250. The van der Waals surface area contributed by atoms with Crippen LogP contribution in [-0.4, -0.2) is 20.3 Å². The molecule has 0 saturated carbocycles. The van der Waals surface area contributed by atoms with Crippen molar-refractivity contribution < 1.29 is 18.0 Å². The lowest BCUT2D eigenvalue weighted by atomic mass is 10.3. The number of amides is 1. The number of anilines is 1. The molecule has 0 radical (unpaired) electrons. The van der Waals surface area contributed by atoms with Gasteiger partial charge in [-0.3, -0.25) is 14.3 Å². The molecule has 2 aromatic rings. The molecule has 6 nitrogen and oxygen atoms in total. The van der Waals surface area contributed by atoms with Gasteiger partial charge in [-0.05, 0) is 6.07 Å². The Kier molecular flexibility index (Phi) is 3.83. The minimum Gasteiger partial charge on any atom is -0.308 e. The first kappa shape index (κ1) is 14.8. The third-order valence-electron chi connectivity index (χ3n) is 2.61. The number of nitrogens with one attached hydrogen (secondary N) is 1. The molecule has 112 valence electrons. The fourth-order valence-corrected chi connectivity index (χ4v) is 1.64. The Bertz CT molecular complexity index is 718. The lowest BCUT2D eigenvalue weighted by Crippen LogP contribution is -2.28. The second-order valence-corrected chi connectivity index (χ2v) is 4.30. The van der Waals surface area contributed by atoms with Gasteiger partial charge in [0.25, 0.3) is 5.56 Å². The van der Waals surface area contributed by atoms with Crippen LogP contribution in [0.5, 0.6) is 0 Å². The van der Waals surface area contributed by atoms with E-state index in [1.807, 2.05) is 0 Å². The van der Waals surface area contributed by atoms with Gasteiger partial charge in [-0.25, -0.2) is 0 Å². The topological polar surface area (TPSA) is 68.9 Å². The van der Waals surface area contributed by atoms with E-state index in [0.29, 0.717) is 16.8 Å². The maximum Gasteiger partial charge on any atom is 0.417 e. The highest BCUT2D eigenvalue weighted by molar-refractivity contribution is 5.89. The summed E-state index contributed by atoms with van der Waals surface area (Å²) in [5.41, 5.74) is -1.69. The standard InChI is InChI=1S/C12H11F3N4O2/c1-18-5-4-9(17-18)16-10(20)7-19-6-8(12(13,14)15)2-3-11(19)21/h2-6H,7H2,1H3,(H,16,17,20). The van der Waals surface area contributed by atoms with Crippen LogP contribution in [0.25, 0.3) is 0 Å². The fourth-order valence-electron chi connectivity index (χ4n) is 1.64. The second kappa shape index (κ2) is 5.43. The maximum atomic E-state index is 12.6. The number of rotatable bonds is 3. The summed E-state index contributed by atoms with van der Waals surface area (Å²) in [4.78, 5) is 23.2. The third kappa shape index (κ3) is 3.71. The summed E-state index contributed by atoms with van der Waals surface area (Å²) < 4.78 is 39.8. The van der Waals surface area contributed by atoms with Crippen molar-refractivity contribution >= 4 is 11.7 Å². The predicted molar refractivity (Wildman–Crippen MR) is 67.5 cm³/mol. The van der Waals surface area contributed by atoms with Gasteiger partial charge in [0.15, 0.2) is 5.82 Å². The molecular formula is C12H11F3N4O2. The number of alkyl halides is 3. The lowest BCUT2D eigenvalue weighted by Gasteiger charge is -2.10. The monoisotopic (exact) mass is 300 g/mol. The van der Waals surface area contributed by atoms with Crippen molar-refractivity contribution in [3.63, 3.8) is 0 Å². The van der Waals surface area contributed by atoms with E-state index in [-0.39, 0.29) is 5.82 Å². The van der Waals surface area contributed by atoms with Gasteiger partial charge in [-0.15, -0.1) is 0 Å². The molecule has 2 heterocycles. The van der Waals surface area contributed by atoms with Crippen LogP contribution in [0.2, 0.25) is 0 Å². The molecule has 0 saturated heterocycles. The molecule has 0 unspecified atom stereocenters. The van der Waals surface area contributed by atoms with Crippen molar-refractivity contribution in [3.8, 4) is 0 Å². The zero-order valence-electron chi connectivity index (χ0n) is 10.9. The van der Waals surface area contributed by atoms with Gasteiger partial charge in [0.05, 0.1) is 5.56 Å². The number of halogens is 3. The van der Waals surface area contributed by atoms with Crippen LogP contribution < -0.4 is 10.9 Å². The molecule has 0 bridgehead atoms. The van der Waals surface area contributed by atoms with Gasteiger partial charge < -0.3 is 9.88 Å². The zero-order valence-corrected chi connectivity index (χ0v) is 10.9. The molecule has 1 amide bonds. The summed E-state index contributed by atoms with van der Waals surface area (Å²) in [7, 11) is 1.65. The van der Waals surface area contributed by atoms with Crippen LogP contribution in [-0.2, 0) is 24.6 Å². The molecule has 0 fully saturated rings. The number of carbonyl (C=O) groups excluding carboxylic acids is 1. The summed E-state index contributed by atoms with van der Waals surface area (Å²) in [5, 5.41) is 6.27. The maximum absolute atomic E-state index is 12.6. The first-order valence-electron chi connectivity index (χ1n) is 5.83. The van der Waals surface area contributed by atoms with E-state index in [0.717, 1.165) is 6.07 Å². The lowest BCUT2D eigenvalue weighted by molar-refractivity contribution is -0.138. The van der Waals surface area contributed by atoms with Crippen LogP contribution in [0.4, 0.5) is 19.0 Å². The van der Waals surface area contributed by atoms with Crippen molar-refractivity contribution in [2.24, 2.45) is 7.05 Å². The van der Waals surface area contributed by atoms with E-state index in [4.69, 9.17) is 0 Å². The summed E-state index contributed by atoms with van der Waals surface area (Å²) in [5.74, 6) is -0.391. The van der Waals surface area contributed by atoms with E-state index in [1.54, 1.807) is 13.2 Å². The largest absolute Gasteiger partial charge is 0.417 e. The first-order chi connectivity index (χ1) is 9.75. The summed E-state index contributed by atoms with van der Waals surface area (Å²) in [6, 6.07) is 2.97. The Balaban J connectivity index is 2.15. The number of pyridine rings is 1. The number of hydrogen-bond acceptors (Lipinski definition) is 3. The number of carbonyl (C=O) groups is 1. The molecule has 2 aromatic heterocycles. The van der Waals surface area contributed by atoms with Crippen molar-refractivity contribution in [3.05, 3.63) is 46.5 Å². The second-order valence-electron chi connectivity index (χ2n) is 4.30. The number of nitrogens with zero attached hydrogens (tertiary/aromatic N) is 3. The Morgan fingerprint density at radius 3 is 2.62 bits per heavy atom. The molecule has 0 aromatic carbocycles. The van der Waals surface area contributed by atoms with E-state index < -0.39 is 29.8 Å². The van der Waals surface area contributed by atoms with Gasteiger partial charge in [0, 0.05) is 31.6 Å². The highest BCUT2D eigenvalue weighted by Crippen LogP contribution is 2.27. The average molecular weight is 300 g/mol. The Morgan fingerprint density at radius 1 is 1.33 bits per heavy atom. The van der Waals surface area contributed by atoms with Crippen molar-refractivity contribution in [1.29, 1.82) is 0 Å². The van der Waals surface area contributed by atoms with Gasteiger partial charge >= 0.3 is 6.18 Å². The van der Waals surface area contributed by atoms with Gasteiger partial charge in [-0.1, -0.05) is 0 Å². The van der Waals surface area contributed by atoms with E-state index in [9.17, 15) is 22.8 Å². The van der Waals surface area contributed by atoms with E-state index in [1.165, 1.54) is 10.7 Å². The quantitative estimate of drug-likeness (QED) is 0.927. The highest BCUT2D eigenvalue weighted by atomic mass is 19.4. The van der Waals surface area contributed by atoms with Crippen LogP contribution in [0.15, 0.2) is 35.4 Å². The van der Waals surface area contributed by atoms with Crippen molar-refractivity contribution in [1.82, 2.24) is 14.3 Å². The molecule has 0 aliphatic carbocycles. The molecule has 0 aliphatic rings. The summed E-state index contributed by atoms with van der Waals surface area (Å²) in [6.45, 7) is -0.528. The Labute approximate surface area is 116 Å². The Hall–Kier alpha value is -2.58. The van der Waals surface area contributed by atoms with Crippen LogP contribution in [0.3, 0.4) is 0 Å². The molecule has 9 heteroatoms. The molecule has 0 atom stereocenters. The minimum atomic E-state index is -4.58. The molecular weight excluding hydrogens is 289 g/mol. The number of hydrogen-bond donors (Lipinski definition) is 1. The predicted octanol–water partition coefficient (Wildman–Crippen LogP) is 1.24. The van der Waals surface area contributed by atoms with Crippen molar-refractivity contribution in [2.45, 2.75) is 12.7 Å². The van der Waals surface area contributed by atoms with Crippen LogP contribution in [0.1, 0.15) is 5.56 Å². The molecule has 21 heavy (non-hydrogen) atoms. The van der Waals surface area contributed by atoms with Crippen LogP contribution in [0, 0.1) is 0 Å². The number of aryl methyl sites for hydroxylation is 1. The normalized spacial score (nSPS) is 11.4. The molecule has 0 spiro atoms. The van der Waals surface area contributed by atoms with Crippen LogP contribution >= 0.6 is 0 Å². The summed E-state index contributed by atoms with van der Waals surface area (Å²) >= 11 is 0. The van der Waals surface area contributed by atoms with Gasteiger partial charge in [0.1, 0.15) is 6.54 Å². The highest BCUT2D eigenvalue weighted by Gasteiger charge is 2.31. The van der Waals surface area contributed by atoms with E-state index >= 15 is 0 Å². The SMILES string of the molecule is Cn1ccc(NC(=O)Cn2cc(C(F)(F)F)ccc2=O)n1. The Morgan fingerprint density at radius 2 is 2.05 bits per heavy atom. The zero-order chi connectivity index (χ0) is 15.6. The molecule has 2 rings (SSSR count). The van der Waals surface area contributed by atoms with Gasteiger partial charge in [0.2, 0.25) is 5.91 Å². The number of aromatic nitrogens is 3. The van der Waals surface area contributed by atoms with Gasteiger partial charge in [-0.2, -0.15) is 18.3 Å². The first-order valence-corrected chi connectivity index (χ1v) is 5.83. The molecule has 1 N–H and O–H groups in total. The minimum absolute atomic E-state index is 0.252.